The molecule has 0 saturated heterocycles. The molecule has 0 N–H and O–H groups in total. The fourth-order valence-corrected chi connectivity index (χ4v) is 1.61. The van der Waals surface area contributed by atoms with Gasteiger partial charge >= 0.3 is 0 Å². The number of allylic oxidation sites excluding steroid dienone is 1. The van der Waals surface area contributed by atoms with E-state index in [4.69, 9.17) is 0 Å². The number of rotatable bonds is 3. The van der Waals surface area contributed by atoms with E-state index in [1.807, 2.05) is 36.4 Å². The van der Waals surface area contributed by atoms with Crippen LogP contribution in [0.1, 0.15) is 17.0 Å². The molecular formula is C14H12N. The SMILES string of the molecule is C=CC(c1[c]nccc1)c1ccccc1. The Balaban J connectivity index is 2.38. The second kappa shape index (κ2) is 4.56. The van der Waals surface area contributed by atoms with Crippen LogP contribution in [0.5, 0.6) is 0 Å². The van der Waals surface area contributed by atoms with Gasteiger partial charge in [-0.25, -0.2) is 0 Å². The average Bonchev–Trinajstić information content (AvgIpc) is 2.33. The molecule has 1 nitrogen and oxygen atoms in total. The Morgan fingerprint density at radius 3 is 2.53 bits per heavy atom. The summed E-state index contributed by atoms with van der Waals surface area (Å²) in [6.45, 7) is 3.87. The van der Waals surface area contributed by atoms with Crippen LogP contribution in [0.2, 0.25) is 0 Å². The van der Waals surface area contributed by atoms with Crippen molar-refractivity contribution in [2.24, 2.45) is 0 Å². The van der Waals surface area contributed by atoms with Crippen molar-refractivity contribution < 1.29 is 0 Å². The van der Waals surface area contributed by atoms with E-state index in [1.54, 1.807) is 6.20 Å². The first-order valence-corrected chi connectivity index (χ1v) is 4.92. The largest absolute Gasteiger partial charge is 0.254 e. The third-order valence-corrected chi connectivity index (χ3v) is 2.36. The molecule has 1 heterocycles. The maximum Gasteiger partial charge on any atom is 0.0930 e. The Labute approximate surface area is 90.1 Å². The minimum Gasteiger partial charge on any atom is -0.254 e. The predicted molar refractivity (Wildman–Crippen MR) is 61.6 cm³/mol. The van der Waals surface area contributed by atoms with E-state index in [-0.39, 0.29) is 5.92 Å². The van der Waals surface area contributed by atoms with Gasteiger partial charge in [0.1, 0.15) is 0 Å². The van der Waals surface area contributed by atoms with E-state index >= 15 is 0 Å². The number of nitrogens with zero attached hydrogens (tertiary/aromatic N) is 1. The first kappa shape index (κ1) is 9.66. The molecule has 2 aromatic rings. The Morgan fingerprint density at radius 2 is 1.93 bits per heavy atom. The van der Waals surface area contributed by atoms with Crippen LogP contribution in [0.3, 0.4) is 0 Å². The maximum atomic E-state index is 4.01. The van der Waals surface area contributed by atoms with Crippen molar-refractivity contribution in [3.63, 3.8) is 0 Å². The summed E-state index contributed by atoms with van der Waals surface area (Å²) >= 11 is 0. The highest BCUT2D eigenvalue weighted by molar-refractivity contribution is 5.34. The summed E-state index contributed by atoms with van der Waals surface area (Å²) in [5.41, 5.74) is 2.27. The fraction of sp³-hybridized carbons (Fsp3) is 0.0714. The molecule has 1 aromatic carbocycles. The number of aromatic nitrogens is 1. The van der Waals surface area contributed by atoms with Gasteiger partial charge in [0.2, 0.25) is 0 Å². The van der Waals surface area contributed by atoms with E-state index in [0.29, 0.717) is 0 Å². The molecule has 0 bridgehead atoms. The zero-order valence-electron chi connectivity index (χ0n) is 8.43. The van der Waals surface area contributed by atoms with Gasteiger partial charge in [-0.3, -0.25) is 4.98 Å². The minimum absolute atomic E-state index is 0.180. The third kappa shape index (κ3) is 2.13. The van der Waals surface area contributed by atoms with E-state index in [2.05, 4.69) is 29.9 Å². The topological polar surface area (TPSA) is 12.9 Å². The first-order valence-electron chi connectivity index (χ1n) is 4.92. The van der Waals surface area contributed by atoms with E-state index < -0.39 is 0 Å². The number of hydrogen-bond donors (Lipinski definition) is 0. The summed E-state index contributed by atoms with van der Waals surface area (Å²) in [6.07, 6.45) is 6.65. The van der Waals surface area contributed by atoms with Crippen LogP contribution < -0.4 is 0 Å². The molecule has 0 spiro atoms. The summed E-state index contributed by atoms with van der Waals surface area (Å²) in [5.74, 6) is 0.180. The van der Waals surface area contributed by atoms with E-state index in [9.17, 15) is 0 Å². The smallest absolute Gasteiger partial charge is 0.0930 e. The van der Waals surface area contributed by atoms with Crippen molar-refractivity contribution in [3.8, 4) is 0 Å². The van der Waals surface area contributed by atoms with Gasteiger partial charge in [-0.15, -0.1) is 6.58 Å². The van der Waals surface area contributed by atoms with Crippen molar-refractivity contribution in [3.05, 3.63) is 78.6 Å². The monoisotopic (exact) mass is 194 g/mol. The van der Waals surface area contributed by atoms with Crippen LogP contribution in [0, 0.1) is 6.20 Å². The summed E-state index contributed by atoms with van der Waals surface area (Å²) in [4.78, 5) is 4.01. The van der Waals surface area contributed by atoms with Crippen LogP contribution >= 0.6 is 0 Å². The molecule has 1 radical (unpaired) electrons. The average molecular weight is 194 g/mol. The summed E-state index contributed by atoms with van der Waals surface area (Å²) in [6, 6.07) is 14.2. The lowest BCUT2D eigenvalue weighted by Gasteiger charge is -2.11. The van der Waals surface area contributed by atoms with Crippen LogP contribution in [0.4, 0.5) is 0 Å². The Hall–Kier alpha value is -1.89. The first-order chi connectivity index (χ1) is 7.42. The molecule has 0 saturated carbocycles. The fourth-order valence-electron chi connectivity index (χ4n) is 1.61. The zero-order chi connectivity index (χ0) is 10.5. The van der Waals surface area contributed by atoms with Crippen molar-refractivity contribution in [2.45, 2.75) is 5.92 Å². The molecule has 0 aliphatic rings. The summed E-state index contributed by atoms with van der Waals surface area (Å²) < 4.78 is 0. The molecule has 73 valence electrons. The molecule has 1 heteroatoms. The zero-order valence-corrected chi connectivity index (χ0v) is 8.43. The second-order valence-corrected chi connectivity index (χ2v) is 3.33. The van der Waals surface area contributed by atoms with Gasteiger partial charge in [-0.2, -0.15) is 0 Å². The van der Waals surface area contributed by atoms with Crippen molar-refractivity contribution >= 4 is 0 Å². The Kier molecular flexibility index (Phi) is 2.93. The molecule has 1 atom stereocenters. The highest BCUT2D eigenvalue weighted by Crippen LogP contribution is 2.23. The normalized spacial score (nSPS) is 12.0. The second-order valence-electron chi connectivity index (χ2n) is 3.33. The highest BCUT2D eigenvalue weighted by atomic mass is 14.6. The quantitative estimate of drug-likeness (QED) is 0.684. The van der Waals surface area contributed by atoms with E-state index in [1.165, 1.54) is 5.56 Å². The van der Waals surface area contributed by atoms with Crippen molar-refractivity contribution in [2.75, 3.05) is 0 Å². The number of benzene rings is 1. The van der Waals surface area contributed by atoms with Gasteiger partial charge in [0.25, 0.3) is 0 Å². The lowest BCUT2D eigenvalue weighted by molar-refractivity contribution is 1.01. The maximum absolute atomic E-state index is 4.01. The van der Waals surface area contributed by atoms with Crippen LogP contribution in [0.25, 0.3) is 0 Å². The summed E-state index contributed by atoms with van der Waals surface area (Å²) in [5, 5.41) is 0. The third-order valence-electron chi connectivity index (χ3n) is 2.36. The summed E-state index contributed by atoms with van der Waals surface area (Å²) in [7, 11) is 0. The molecule has 1 unspecified atom stereocenters. The molecular weight excluding hydrogens is 182 g/mol. The van der Waals surface area contributed by atoms with Gasteiger partial charge in [0.15, 0.2) is 0 Å². The van der Waals surface area contributed by atoms with Crippen molar-refractivity contribution in [1.29, 1.82) is 0 Å². The van der Waals surface area contributed by atoms with Gasteiger partial charge in [0, 0.05) is 12.1 Å². The lowest BCUT2D eigenvalue weighted by atomic mass is 9.93. The van der Waals surface area contributed by atoms with Gasteiger partial charge < -0.3 is 0 Å². The minimum atomic E-state index is 0.180. The lowest BCUT2D eigenvalue weighted by Crippen LogP contribution is -1.97. The molecule has 15 heavy (non-hydrogen) atoms. The van der Waals surface area contributed by atoms with Gasteiger partial charge in [-0.1, -0.05) is 42.5 Å². The predicted octanol–water partition coefficient (Wildman–Crippen LogP) is 3.20. The molecule has 0 aliphatic heterocycles. The van der Waals surface area contributed by atoms with Crippen LogP contribution in [0.15, 0.2) is 61.3 Å². The van der Waals surface area contributed by atoms with Crippen molar-refractivity contribution in [1.82, 2.24) is 4.98 Å². The van der Waals surface area contributed by atoms with Gasteiger partial charge in [0.05, 0.1) is 6.20 Å². The number of pyridine rings is 1. The molecule has 0 fully saturated rings. The van der Waals surface area contributed by atoms with E-state index in [0.717, 1.165) is 5.56 Å². The van der Waals surface area contributed by atoms with Crippen LogP contribution in [-0.2, 0) is 0 Å². The Bertz CT molecular complexity index is 380. The Morgan fingerprint density at radius 1 is 1.13 bits per heavy atom. The molecule has 0 amide bonds. The number of hydrogen-bond acceptors (Lipinski definition) is 1. The highest BCUT2D eigenvalue weighted by Gasteiger charge is 2.09. The molecule has 2 rings (SSSR count). The molecule has 1 aromatic heterocycles. The van der Waals surface area contributed by atoms with Crippen LogP contribution in [-0.4, -0.2) is 4.98 Å². The molecule has 0 aliphatic carbocycles. The van der Waals surface area contributed by atoms with Gasteiger partial charge in [-0.05, 0) is 17.2 Å². The standard InChI is InChI=1S/C14H12N/c1-2-14(12-7-4-3-5-8-12)13-9-6-10-15-11-13/h2-10,14H,1H2.